The maximum absolute atomic E-state index is 13.7. The van der Waals surface area contributed by atoms with Crippen LogP contribution in [0, 0.1) is 5.92 Å². The van der Waals surface area contributed by atoms with Crippen LogP contribution in [0.1, 0.15) is 23.7 Å². The summed E-state index contributed by atoms with van der Waals surface area (Å²) >= 11 is 5.72. The Balaban J connectivity index is 2.26. The van der Waals surface area contributed by atoms with Crippen molar-refractivity contribution < 1.29 is 18.7 Å². The van der Waals surface area contributed by atoms with Crippen molar-refractivity contribution in [3.05, 3.63) is 52.2 Å². The van der Waals surface area contributed by atoms with Gasteiger partial charge in [-0.15, -0.1) is 0 Å². The molecule has 2 rings (SSSR count). The lowest BCUT2D eigenvalue weighted by atomic mass is 9.99. The number of carbonyl (C=O) groups excluding carboxylic acids is 1. The van der Waals surface area contributed by atoms with E-state index in [0.29, 0.717) is 0 Å². The van der Waals surface area contributed by atoms with Crippen molar-refractivity contribution in [2.24, 2.45) is 5.92 Å². The molecular weight excluding hydrogens is 288 g/mol. The van der Waals surface area contributed by atoms with Crippen LogP contribution in [0.5, 0.6) is 5.75 Å². The maximum atomic E-state index is 13.7. The molecule has 0 aliphatic heterocycles. The number of carbonyl (C=O) groups is 1. The van der Waals surface area contributed by atoms with E-state index in [1.165, 1.54) is 24.3 Å². The quantitative estimate of drug-likeness (QED) is 0.871. The van der Waals surface area contributed by atoms with Crippen molar-refractivity contribution >= 4 is 17.5 Å². The second kappa shape index (κ2) is 5.63. The zero-order valence-electron chi connectivity index (χ0n) is 10.6. The minimum absolute atomic E-state index is 0.0184. The van der Waals surface area contributed by atoms with Crippen LogP contribution in [0.2, 0.25) is 5.02 Å². The van der Waals surface area contributed by atoms with E-state index in [2.05, 4.69) is 5.32 Å². The van der Waals surface area contributed by atoms with Gasteiger partial charge >= 0.3 is 0 Å². The Labute approximate surface area is 119 Å². The molecule has 3 nitrogen and oxygen atoms in total. The second-order valence-electron chi connectivity index (χ2n) is 4.59. The number of halogens is 3. The number of benzene rings is 1. The molecule has 2 N–H and O–H groups in total. The standard InChI is InChI=1S/C14H12ClF2NO2/c1-7-4-10(16)13(11(17)5-7)18-14(20)9-6-8(15)2-3-12(9)19/h2-4,6-7,19H,5H2,1H3,(H,18,20). The first-order chi connectivity index (χ1) is 9.38. The molecule has 1 aliphatic rings. The molecule has 0 fully saturated rings. The van der Waals surface area contributed by atoms with Gasteiger partial charge in [0.1, 0.15) is 23.1 Å². The Kier molecular flexibility index (Phi) is 4.09. The summed E-state index contributed by atoms with van der Waals surface area (Å²) in [6.07, 6.45) is 1.25. The predicted octanol–water partition coefficient (Wildman–Crippen LogP) is 3.85. The van der Waals surface area contributed by atoms with Crippen molar-refractivity contribution in [2.45, 2.75) is 13.3 Å². The van der Waals surface area contributed by atoms with Crippen molar-refractivity contribution in [1.82, 2.24) is 5.32 Å². The van der Waals surface area contributed by atoms with Crippen molar-refractivity contribution in [2.75, 3.05) is 0 Å². The van der Waals surface area contributed by atoms with Crippen LogP contribution in [-0.4, -0.2) is 11.0 Å². The van der Waals surface area contributed by atoms with Gasteiger partial charge in [-0.1, -0.05) is 18.5 Å². The molecule has 20 heavy (non-hydrogen) atoms. The molecule has 1 aromatic carbocycles. The van der Waals surface area contributed by atoms with Crippen LogP contribution in [-0.2, 0) is 0 Å². The number of hydrogen-bond donors (Lipinski definition) is 2. The SMILES string of the molecule is CC1C=C(F)C(NC(=O)c2cc(Cl)ccc2O)=C(F)C1. The van der Waals surface area contributed by atoms with Gasteiger partial charge in [0, 0.05) is 11.4 Å². The summed E-state index contributed by atoms with van der Waals surface area (Å²) < 4.78 is 27.4. The first kappa shape index (κ1) is 14.5. The molecule has 0 spiro atoms. The third kappa shape index (κ3) is 2.99. The molecule has 0 saturated heterocycles. The lowest BCUT2D eigenvalue weighted by Gasteiger charge is -2.17. The second-order valence-corrected chi connectivity index (χ2v) is 5.03. The Hall–Kier alpha value is -1.88. The fraction of sp³-hybridized carbons (Fsp3) is 0.214. The fourth-order valence-electron chi connectivity index (χ4n) is 1.90. The number of nitrogens with one attached hydrogen (secondary N) is 1. The van der Waals surface area contributed by atoms with Crippen molar-refractivity contribution in [3.63, 3.8) is 0 Å². The zero-order chi connectivity index (χ0) is 14.9. The predicted molar refractivity (Wildman–Crippen MR) is 71.7 cm³/mol. The Morgan fingerprint density at radius 3 is 2.80 bits per heavy atom. The van der Waals surface area contributed by atoms with E-state index >= 15 is 0 Å². The highest BCUT2D eigenvalue weighted by atomic mass is 35.5. The minimum atomic E-state index is -0.826. The van der Waals surface area contributed by atoms with Crippen molar-refractivity contribution in [3.8, 4) is 5.75 Å². The number of rotatable bonds is 2. The average molecular weight is 300 g/mol. The first-order valence-corrected chi connectivity index (χ1v) is 6.32. The van der Waals surface area contributed by atoms with Gasteiger partial charge in [-0.2, -0.15) is 0 Å². The molecule has 106 valence electrons. The summed E-state index contributed by atoms with van der Waals surface area (Å²) in [5, 5.41) is 11.9. The topological polar surface area (TPSA) is 49.3 Å². The number of phenols is 1. The van der Waals surface area contributed by atoms with Crippen LogP contribution in [0.15, 0.2) is 41.6 Å². The summed E-state index contributed by atoms with van der Waals surface area (Å²) in [5.41, 5.74) is -0.642. The third-order valence-corrected chi connectivity index (χ3v) is 3.12. The van der Waals surface area contributed by atoms with E-state index in [1.807, 2.05) is 0 Å². The molecule has 1 aromatic rings. The smallest absolute Gasteiger partial charge is 0.259 e. The van der Waals surface area contributed by atoms with Crippen LogP contribution in [0.3, 0.4) is 0 Å². The minimum Gasteiger partial charge on any atom is -0.507 e. The van der Waals surface area contributed by atoms with Crippen LogP contribution in [0.25, 0.3) is 0 Å². The monoisotopic (exact) mass is 299 g/mol. The molecule has 1 aliphatic carbocycles. The summed E-state index contributed by atoms with van der Waals surface area (Å²) in [6.45, 7) is 1.67. The normalized spacial score (nSPS) is 18.8. The number of hydrogen-bond acceptors (Lipinski definition) is 2. The molecule has 0 radical (unpaired) electrons. The maximum Gasteiger partial charge on any atom is 0.259 e. The van der Waals surface area contributed by atoms with Gasteiger partial charge in [-0.25, -0.2) is 8.78 Å². The molecular formula is C14H12ClF2NO2. The fourth-order valence-corrected chi connectivity index (χ4v) is 2.08. The number of aromatic hydroxyl groups is 1. The number of phenolic OH excluding ortho intramolecular Hbond substituents is 1. The van der Waals surface area contributed by atoms with E-state index in [0.717, 1.165) is 0 Å². The zero-order valence-corrected chi connectivity index (χ0v) is 11.3. The van der Waals surface area contributed by atoms with Crippen LogP contribution < -0.4 is 5.32 Å². The highest BCUT2D eigenvalue weighted by Crippen LogP contribution is 2.29. The van der Waals surface area contributed by atoms with E-state index in [-0.39, 0.29) is 28.7 Å². The Morgan fingerprint density at radius 2 is 2.15 bits per heavy atom. The molecule has 0 saturated carbocycles. The molecule has 0 heterocycles. The van der Waals surface area contributed by atoms with Crippen LogP contribution in [0.4, 0.5) is 8.78 Å². The highest BCUT2D eigenvalue weighted by molar-refractivity contribution is 6.31. The first-order valence-electron chi connectivity index (χ1n) is 5.94. The molecule has 1 amide bonds. The molecule has 1 unspecified atom stereocenters. The van der Waals surface area contributed by atoms with Gasteiger partial charge in [0.25, 0.3) is 5.91 Å². The van der Waals surface area contributed by atoms with Gasteiger partial charge in [0.15, 0.2) is 0 Å². The van der Waals surface area contributed by atoms with Crippen LogP contribution >= 0.6 is 11.6 Å². The summed E-state index contributed by atoms with van der Waals surface area (Å²) in [6, 6.07) is 3.85. The van der Waals surface area contributed by atoms with Gasteiger partial charge in [0.05, 0.1) is 5.56 Å². The summed E-state index contributed by atoms with van der Waals surface area (Å²) in [5.74, 6) is -2.96. The Bertz CT molecular complexity index is 626. The lowest BCUT2D eigenvalue weighted by molar-refractivity contribution is 0.0960. The van der Waals surface area contributed by atoms with Gasteiger partial charge in [-0.05, 0) is 30.2 Å². The molecule has 0 bridgehead atoms. The molecule has 6 heteroatoms. The van der Waals surface area contributed by atoms with Gasteiger partial charge in [0.2, 0.25) is 0 Å². The van der Waals surface area contributed by atoms with Gasteiger partial charge in [-0.3, -0.25) is 4.79 Å². The average Bonchev–Trinajstić information content (AvgIpc) is 2.36. The van der Waals surface area contributed by atoms with E-state index < -0.39 is 23.3 Å². The highest BCUT2D eigenvalue weighted by Gasteiger charge is 2.23. The molecule has 1 atom stereocenters. The largest absolute Gasteiger partial charge is 0.507 e. The summed E-state index contributed by atoms with van der Waals surface area (Å²) in [4.78, 5) is 11.9. The molecule has 0 aromatic heterocycles. The van der Waals surface area contributed by atoms with E-state index in [4.69, 9.17) is 11.6 Å². The number of amides is 1. The van der Waals surface area contributed by atoms with Gasteiger partial charge < -0.3 is 10.4 Å². The van der Waals surface area contributed by atoms with E-state index in [1.54, 1.807) is 6.92 Å². The third-order valence-electron chi connectivity index (χ3n) is 2.88. The van der Waals surface area contributed by atoms with Crippen molar-refractivity contribution in [1.29, 1.82) is 0 Å². The summed E-state index contributed by atoms with van der Waals surface area (Å²) in [7, 11) is 0. The van der Waals surface area contributed by atoms with E-state index in [9.17, 15) is 18.7 Å². The number of allylic oxidation sites excluding steroid dienone is 3. The lowest BCUT2D eigenvalue weighted by Crippen LogP contribution is -2.26. The Morgan fingerprint density at radius 1 is 1.45 bits per heavy atom.